The van der Waals surface area contributed by atoms with Crippen molar-refractivity contribution in [1.29, 1.82) is 0 Å². The van der Waals surface area contributed by atoms with E-state index in [-0.39, 0.29) is 11.8 Å². The van der Waals surface area contributed by atoms with Crippen molar-refractivity contribution in [2.75, 3.05) is 0 Å². The fourth-order valence-corrected chi connectivity index (χ4v) is 1.42. The van der Waals surface area contributed by atoms with Crippen LogP contribution in [0.3, 0.4) is 0 Å². The van der Waals surface area contributed by atoms with Crippen molar-refractivity contribution in [3.05, 3.63) is 12.2 Å². The van der Waals surface area contributed by atoms with Crippen molar-refractivity contribution in [2.45, 2.75) is 38.5 Å². The van der Waals surface area contributed by atoms with Crippen LogP contribution in [0.4, 0.5) is 0 Å². The van der Waals surface area contributed by atoms with E-state index in [0.29, 0.717) is 0 Å². The van der Waals surface area contributed by atoms with Gasteiger partial charge in [-0.25, -0.2) is 0 Å². The van der Waals surface area contributed by atoms with E-state index in [0.717, 1.165) is 0 Å². The van der Waals surface area contributed by atoms with Gasteiger partial charge in [0.05, 0.1) is 0 Å². The lowest BCUT2D eigenvalue weighted by Gasteiger charge is -2.05. The highest BCUT2D eigenvalue weighted by molar-refractivity contribution is 6.12. The minimum Gasteiger partial charge on any atom is -0.289 e. The molecule has 0 aromatic heterocycles. The fraction of sp³-hybridized carbons (Fsp3) is 0.600. The predicted molar refractivity (Wildman–Crippen MR) is 50.0 cm³/mol. The number of amides is 2. The highest BCUT2D eigenvalue weighted by Crippen LogP contribution is 2.15. The predicted octanol–water partition coefficient (Wildman–Crippen LogP) is 1.54. The van der Waals surface area contributed by atoms with Crippen molar-refractivity contribution in [3.8, 4) is 0 Å². The lowest BCUT2D eigenvalue weighted by molar-refractivity contribution is -0.123. The highest BCUT2D eigenvalue weighted by atomic mass is 16.2. The van der Waals surface area contributed by atoms with Crippen LogP contribution in [0.5, 0.6) is 0 Å². The Hall–Kier alpha value is -1.12. The Morgan fingerprint density at radius 1 is 0.769 bits per heavy atom. The van der Waals surface area contributed by atoms with E-state index >= 15 is 0 Å². The number of carbonyl (C=O) groups excluding carboxylic acids is 2. The van der Waals surface area contributed by atoms with Crippen molar-refractivity contribution in [2.24, 2.45) is 0 Å². The zero-order chi connectivity index (χ0) is 9.52. The molecule has 0 atom stereocenters. The van der Waals surface area contributed by atoms with Crippen LogP contribution in [0.1, 0.15) is 38.5 Å². The molecule has 1 heterocycles. The Morgan fingerprint density at radius 3 is 1.23 bits per heavy atom. The maximum absolute atomic E-state index is 10.0. The van der Waals surface area contributed by atoms with Crippen molar-refractivity contribution in [3.63, 3.8) is 0 Å². The van der Waals surface area contributed by atoms with Crippen molar-refractivity contribution < 1.29 is 9.59 Å². The van der Waals surface area contributed by atoms with Gasteiger partial charge in [-0.1, -0.05) is 38.5 Å². The van der Waals surface area contributed by atoms with Gasteiger partial charge < -0.3 is 0 Å². The van der Waals surface area contributed by atoms with E-state index in [1.54, 1.807) is 0 Å². The van der Waals surface area contributed by atoms with Gasteiger partial charge in [0.1, 0.15) is 0 Å². The first-order valence-electron chi connectivity index (χ1n) is 4.82. The number of hydrogen-bond acceptors (Lipinski definition) is 2. The summed E-state index contributed by atoms with van der Waals surface area (Å²) in [7, 11) is 0. The zero-order valence-electron chi connectivity index (χ0n) is 7.71. The maximum atomic E-state index is 10.0. The monoisotopic (exact) mass is 181 g/mol. The van der Waals surface area contributed by atoms with Gasteiger partial charge in [0.25, 0.3) is 11.8 Å². The van der Waals surface area contributed by atoms with E-state index in [4.69, 9.17) is 0 Å². The van der Waals surface area contributed by atoms with E-state index in [1.807, 2.05) is 5.32 Å². The minimum absolute atomic E-state index is 0.329. The lowest BCUT2D eigenvalue weighted by atomic mass is 10.0. The first kappa shape index (κ1) is 9.96. The van der Waals surface area contributed by atoms with E-state index in [9.17, 15) is 9.59 Å². The molecule has 1 aliphatic carbocycles. The molecule has 0 aromatic carbocycles. The summed E-state index contributed by atoms with van der Waals surface area (Å²) in [5.41, 5.74) is 0. The summed E-state index contributed by atoms with van der Waals surface area (Å²) in [4.78, 5) is 20.1. The third-order valence-corrected chi connectivity index (χ3v) is 2.13. The second-order valence-corrected chi connectivity index (χ2v) is 3.31. The quantitative estimate of drug-likeness (QED) is 0.576. The molecular formula is C10H15NO2. The SMILES string of the molecule is C1CCCCC1.O=C1C=CC(=O)N1. The van der Waals surface area contributed by atoms with Gasteiger partial charge in [0.2, 0.25) is 0 Å². The molecule has 0 bridgehead atoms. The lowest BCUT2D eigenvalue weighted by Crippen LogP contribution is -2.19. The Kier molecular flexibility index (Phi) is 4.23. The van der Waals surface area contributed by atoms with Gasteiger partial charge in [0, 0.05) is 12.2 Å². The Bertz CT molecular complexity index is 189. The first-order valence-corrected chi connectivity index (χ1v) is 4.82. The molecular weight excluding hydrogens is 166 g/mol. The number of rotatable bonds is 0. The minimum atomic E-state index is -0.329. The molecule has 72 valence electrons. The van der Waals surface area contributed by atoms with Crippen LogP contribution in [-0.4, -0.2) is 11.8 Å². The molecule has 0 saturated heterocycles. The third-order valence-electron chi connectivity index (χ3n) is 2.13. The maximum Gasteiger partial charge on any atom is 0.250 e. The molecule has 1 aliphatic heterocycles. The molecule has 2 rings (SSSR count). The van der Waals surface area contributed by atoms with Gasteiger partial charge >= 0.3 is 0 Å². The Morgan fingerprint density at radius 2 is 1.08 bits per heavy atom. The van der Waals surface area contributed by atoms with Gasteiger partial charge in [-0.05, 0) is 0 Å². The molecule has 0 aromatic rings. The van der Waals surface area contributed by atoms with Crippen LogP contribution in [-0.2, 0) is 9.59 Å². The number of imide groups is 1. The standard InChI is InChI=1S/C6H12.C4H3NO2/c1-2-4-6-5-3-1;6-3-1-2-4(7)5-3/h1-6H2;1-2H,(H,5,6,7). The third kappa shape index (κ3) is 4.45. The van der Waals surface area contributed by atoms with E-state index in [1.165, 1.54) is 50.7 Å². The zero-order valence-corrected chi connectivity index (χ0v) is 7.71. The summed E-state index contributed by atoms with van der Waals surface area (Å²) in [6, 6.07) is 0. The largest absolute Gasteiger partial charge is 0.289 e. The molecule has 2 aliphatic rings. The average molecular weight is 181 g/mol. The molecule has 0 radical (unpaired) electrons. The summed E-state index contributed by atoms with van der Waals surface area (Å²) in [5.74, 6) is -0.657. The van der Waals surface area contributed by atoms with E-state index in [2.05, 4.69) is 0 Å². The summed E-state index contributed by atoms with van der Waals surface area (Å²) in [5, 5.41) is 2.03. The summed E-state index contributed by atoms with van der Waals surface area (Å²) in [6.45, 7) is 0. The van der Waals surface area contributed by atoms with E-state index < -0.39 is 0 Å². The number of hydrogen-bond donors (Lipinski definition) is 1. The number of carbonyl (C=O) groups is 2. The summed E-state index contributed by atoms with van der Waals surface area (Å²) in [6.07, 6.45) is 11.4. The summed E-state index contributed by atoms with van der Waals surface area (Å²) < 4.78 is 0. The van der Waals surface area contributed by atoms with Gasteiger partial charge in [-0.15, -0.1) is 0 Å². The molecule has 1 N–H and O–H groups in total. The molecule has 0 unspecified atom stereocenters. The molecule has 2 amide bonds. The van der Waals surface area contributed by atoms with Gasteiger partial charge in [-0.3, -0.25) is 14.9 Å². The summed E-state index contributed by atoms with van der Waals surface area (Å²) >= 11 is 0. The van der Waals surface area contributed by atoms with Crippen LogP contribution in [0.2, 0.25) is 0 Å². The topological polar surface area (TPSA) is 46.2 Å². The van der Waals surface area contributed by atoms with Gasteiger partial charge in [0.15, 0.2) is 0 Å². The molecule has 1 fully saturated rings. The fourth-order valence-electron chi connectivity index (χ4n) is 1.42. The van der Waals surface area contributed by atoms with Crippen LogP contribution in [0.15, 0.2) is 12.2 Å². The Labute approximate surface area is 78.2 Å². The Balaban J connectivity index is 0.000000132. The van der Waals surface area contributed by atoms with Crippen LogP contribution in [0.25, 0.3) is 0 Å². The normalized spacial score (nSPS) is 20.6. The van der Waals surface area contributed by atoms with Crippen LogP contribution < -0.4 is 5.32 Å². The molecule has 13 heavy (non-hydrogen) atoms. The molecule has 1 saturated carbocycles. The molecule has 3 nitrogen and oxygen atoms in total. The smallest absolute Gasteiger partial charge is 0.250 e. The average Bonchev–Trinajstić information content (AvgIpc) is 2.54. The van der Waals surface area contributed by atoms with Crippen LogP contribution >= 0.6 is 0 Å². The van der Waals surface area contributed by atoms with Crippen molar-refractivity contribution >= 4 is 11.8 Å². The molecule has 3 heteroatoms. The van der Waals surface area contributed by atoms with Crippen LogP contribution in [0, 0.1) is 0 Å². The highest BCUT2D eigenvalue weighted by Gasteiger charge is 2.06. The number of nitrogens with one attached hydrogen (secondary N) is 1. The second kappa shape index (κ2) is 5.51. The van der Waals surface area contributed by atoms with Gasteiger partial charge in [-0.2, -0.15) is 0 Å². The molecule has 0 spiro atoms. The van der Waals surface area contributed by atoms with Crippen molar-refractivity contribution in [1.82, 2.24) is 5.32 Å². The second-order valence-electron chi connectivity index (χ2n) is 3.31. The first-order chi connectivity index (χ1) is 6.29.